The van der Waals surface area contributed by atoms with E-state index in [-0.39, 0.29) is 53.4 Å². The van der Waals surface area contributed by atoms with Gasteiger partial charge in [0.1, 0.15) is 19.7 Å². The number of nitrogens with two attached hydrogens (primary N) is 1. The molecule has 0 unspecified atom stereocenters. The first kappa shape index (κ1) is 39.6. The van der Waals surface area contributed by atoms with Crippen LogP contribution in [0.4, 0.5) is 0 Å². The van der Waals surface area contributed by atoms with Gasteiger partial charge in [-0.25, -0.2) is 16.8 Å². The Balaban J connectivity index is -0.000000181. The Labute approximate surface area is 219 Å². The third-order valence-electron chi connectivity index (χ3n) is 3.30. The van der Waals surface area contributed by atoms with Crippen molar-refractivity contribution in [1.82, 2.24) is 0 Å². The molecule has 33 heavy (non-hydrogen) atoms. The van der Waals surface area contributed by atoms with E-state index >= 15 is 0 Å². The van der Waals surface area contributed by atoms with E-state index in [1.54, 1.807) is 0 Å². The molecule has 0 spiro atoms. The van der Waals surface area contributed by atoms with Gasteiger partial charge in [-0.15, -0.1) is 0 Å². The van der Waals surface area contributed by atoms with Crippen LogP contribution in [-0.4, -0.2) is 74.2 Å². The van der Waals surface area contributed by atoms with Gasteiger partial charge in [0.05, 0.1) is 29.6 Å². The van der Waals surface area contributed by atoms with Gasteiger partial charge in [-0.2, -0.15) is 8.42 Å². The first-order chi connectivity index (χ1) is 14.7. The zero-order valence-electron chi connectivity index (χ0n) is 19.7. The number of rotatable bonds is 10. The van der Waals surface area contributed by atoms with Crippen molar-refractivity contribution in [3.05, 3.63) is 26.4 Å². The van der Waals surface area contributed by atoms with E-state index < -0.39 is 29.8 Å². The largest absolute Gasteiger partial charge is 1.00 e. The van der Waals surface area contributed by atoms with Crippen LogP contribution < -0.4 is 35.3 Å². The van der Waals surface area contributed by atoms with Crippen molar-refractivity contribution < 1.29 is 59.0 Å². The topological polar surface area (TPSA) is 245 Å². The zero-order chi connectivity index (χ0) is 25.7. The molecule has 1 fully saturated rings. The van der Waals surface area contributed by atoms with Crippen LogP contribution in [0.1, 0.15) is 39.5 Å². The van der Waals surface area contributed by atoms with Gasteiger partial charge in [0.15, 0.2) is 0 Å². The van der Waals surface area contributed by atoms with Crippen LogP contribution in [0.3, 0.4) is 0 Å². The van der Waals surface area contributed by atoms with Crippen LogP contribution in [-0.2, 0) is 34.0 Å². The Morgan fingerprint density at radius 2 is 1.61 bits per heavy atom. The van der Waals surface area contributed by atoms with Gasteiger partial charge in [-0.1, -0.05) is 19.0 Å². The van der Waals surface area contributed by atoms with Crippen LogP contribution in [0.2, 0.25) is 0 Å². The second-order valence-electron chi connectivity index (χ2n) is 6.94. The number of azide groups is 1. The summed E-state index contributed by atoms with van der Waals surface area (Å²) in [6, 6.07) is 0. The van der Waals surface area contributed by atoms with E-state index in [1.165, 1.54) is 4.91 Å². The average Bonchev–Trinajstić information content (AvgIpc) is 3.07. The third kappa shape index (κ3) is 38.9. The summed E-state index contributed by atoms with van der Waals surface area (Å²) in [5.74, 6) is 1.30. The summed E-state index contributed by atoms with van der Waals surface area (Å²) in [4.78, 5) is 3.99. The van der Waals surface area contributed by atoms with Crippen molar-refractivity contribution in [2.24, 2.45) is 16.8 Å². The van der Waals surface area contributed by atoms with Gasteiger partial charge >= 0.3 is 29.6 Å². The molecule has 0 aliphatic carbocycles. The van der Waals surface area contributed by atoms with Gasteiger partial charge in [-0.05, 0) is 43.7 Å². The predicted octanol–water partition coefficient (Wildman–Crippen LogP) is -0.866. The molecule has 0 aromatic carbocycles. The molecule has 0 saturated carbocycles. The normalized spacial score (nSPS) is 13.8. The summed E-state index contributed by atoms with van der Waals surface area (Å²) in [6.07, 6.45) is 3.56. The molecule has 190 valence electrons. The Kier molecular flexibility index (Phi) is 27.8. The molecule has 18 heteroatoms. The summed E-state index contributed by atoms with van der Waals surface area (Å²) in [6.45, 7) is 5.14. The van der Waals surface area contributed by atoms with E-state index in [2.05, 4.69) is 14.2 Å². The molecule has 1 rings (SSSR count). The maximum atomic E-state index is 11.2. The predicted molar refractivity (Wildman–Crippen MR) is 125 cm³/mol. The van der Waals surface area contributed by atoms with Gasteiger partial charge in [0.25, 0.3) is 10.1 Å². The molecule has 1 saturated heterocycles. The number of hydrogen-bond acceptors (Lipinski definition) is 9. The van der Waals surface area contributed by atoms with E-state index in [0.29, 0.717) is 44.1 Å². The molecule has 0 atom stereocenters. The van der Waals surface area contributed by atoms with E-state index in [4.69, 9.17) is 22.3 Å². The molecule has 0 radical (unpaired) electrons. The van der Waals surface area contributed by atoms with Crippen molar-refractivity contribution in [2.75, 3.05) is 49.0 Å². The van der Waals surface area contributed by atoms with Crippen LogP contribution in [0.25, 0.3) is 26.4 Å². The molecule has 0 amide bonds. The van der Waals surface area contributed by atoms with Crippen LogP contribution >= 0.6 is 0 Å². The van der Waals surface area contributed by atoms with E-state index in [1.807, 2.05) is 13.8 Å². The number of hydrogen-bond donors (Lipinski definition) is 1. The summed E-state index contributed by atoms with van der Waals surface area (Å²) >= 11 is 0. The van der Waals surface area contributed by atoms with Gasteiger partial charge < -0.3 is 16.8 Å². The van der Waals surface area contributed by atoms with E-state index in [0.717, 1.165) is 12.7 Å². The molecule has 0 aromatic rings. The minimum Gasteiger partial charge on any atom is -0.373 e. The fraction of sp³-hybridized carbons (Fsp3) is 1.00. The molecule has 0 bridgehead atoms. The molecule has 2 N–H and O–H groups in total. The van der Waals surface area contributed by atoms with Crippen molar-refractivity contribution >= 4 is 29.8 Å². The summed E-state index contributed by atoms with van der Waals surface area (Å²) < 4.78 is 68.1. The monoisotopic (exact) mass is 543 g/mol. The van der Waals surface area contributed by atoms with Crippen LogP contribution in [0.5, 0.6) is 0 Å². The van der Waals surface area contributed by atoms with E-state index in [9.17, 15) is 25.3 Å². The Morgan fingerprint density at radius 1 is 1.06 bits per heavy atom. The van der Waals surface area contributed by atoms with Crippen LogP contribution in [0.15, 0.2) is 5.11 Å². The smallest absolute Gasteiger partial charge is 0.373 e. The Morgan fingerprint density at radius 3 is 1.91 bits per heavy atom. The summed E-state index contributed by atoms with van der Waals surface area (Å²) in [5.41, 5.74) is 26.5. The van der Waals surface area contributed by atoms with Gasteiger partial charge in [0, 0.05) is 17.7 Å². The standard InChI is InChI=1S/C8H19NO2S.C4H9N3O2S.C3H6O3S.N3.Na/c1-8(2)4-7-12(10,11)6-3-5-9;1-10(8,9)4-2-3-6-7-5;4-7(5)3-1-2-6-7;1-3-2;/h8H,3-7,9H2,1-2H3;2-4H2,1H3;1-3H2;;/q;;;-1;+1. The first-order valence-corrected chi connectivity index (χ1v) is 15.1. The third-order valence-corrected chi connectivity index (χ3v) is 7.42. The summed E-state index contributed by atoms with van der Waals surface area (Å²) in [7, 11) is -8.75. The quantitative estimate of drug-likeness (QED) is 0.0903. The van der Waals surface area contributed by atoms with Crippen LogP contribution in [0, 0.1) is 5.92 Å². The molecule has 1 aliphatic heterocycles. The summed E-state index contributed by atoms with van der Waals surface area (Å²) in [5, 5.41) is 3.19. The number of sulfone groups is 2. The van der Waals surface area contributed by atoms with Crippen molar-refractivity contribution in [1.29, 1.82) is 0 Å². The number of nitrogens with zero attached hydrogens (tertiary/aromatic N) is 6. The molecular formula is C15H34N7NaO7S3. The minimum atomic E-state index is -3.05. The van der Waals surface area contributed by atoms with Crippen molar-refractivity contribution in [2.45, 2.75) is 39.5 Å². The molecule has 0 aromatic heterocycles. The average molecular weight is 544 g/mol. The maximum absolute atomic E-state index is 11.2. The maximum Gasteiger partial charge on any atom is 1.00 e. The second-order valence-corrected chi connectivity index (χ2v) is 13.3. The Hall–Kier alpha value is -0.610. The fourth-order valence-corrected chi connectivity index (χ4v) is 5.00. The SMILES string of the molecule is CC(C)CCS(=O)(=O)CCCN.CS(=O)(=O)CCCN=[N+]=[N-].O=S1(=O)CCCO1.[N-]=[N+]=[N-].[Na+]. The van der Waals surface area contributed by atoms with Gasteiger partial charge in [0.2, 0.25) is 0 Å². The fourth-order valence-electron chi connectivity index (χ4n) is 1.74. The zero-order valence-corrected chi connectivity index (χ0v) is 24.1. The van der Waals surface area contributed by atoms with Crippen molar-refractivity contribution in [3.8, 4) is 0 Å². The first-order valence-electron chi connectivity index (χ1n) is 9.61. The Bertz CT molecular complexity index is 871. The minimum absolute atomic E-state index is 0. The molecule has 14 nitrogen and oxygen atoms in total. The molecular weight excluding hydrogens is 509 g/mol. The van der Waals surface area contributed by atoms with Gasteiger partial charge in [-0.3, -0.25) is 9.09 Å². The second kappa shape index (κ2) is 23.1. The molecule has 1 heterocycles. The molecule has 1 aliphatic rings. The van der Waals surface area contributed by atoms with Crippen molar-refractivity contribution in [3.63, 3.8) is 0 Å².